The Kier molecular flexibility index (Phi) is 4.70. The molecular formula is C22H21ClN2O5. The summed E-state index contributed by atoms with van der Waals surface area (Å²) in [5.41, 5.74) is 3.00. The smallest absolute Gasteiger partial charge is 0.328 e. The molecule has 8 heteroatoms. The van der Waals surface area contributed by atoms with Gasteiger partial charge < -0.3 is 24.4 Å². The summed E-state index contributed by atoms with van der Waals surface area (Å²) in [6, 6.07) is 12.4. The van der Waals surface area contributed by atoms with E-state index in [1.165, 1.54) is 7.11 Å². The van der Waals surface area contributed by atoms with Crippen LogP contribution in [0.4, 0.5) is 5.69 Å². The SMILES string of the molecule is COC(=O)[C@@H]1C[C@H]2c3ccccc3N[C@H]2[C@H](c2ccc3c(c2)OCO3)N1C(=O)CCl. The lowest BCUT2D eigenvalue weighted by atomic mass is 9.77. The van der Waals surface area contributed by atoms with E-state index in [2.05, 4.69) is 11.4 Å². The molecule has 2 aromatic carbocycles. The van der Waals surface area contributed by atoms with E-state index in [0.29, 0.717) is 17.9 Å². The number of para-hydroxylation sites is 1. The zero-order valence-corrected chi connectivity index (χ0v) is 17.1. The van der Waals surface area contributed by atoms with Crippen LogP contribution in [0.2, 0.25) is 0 Å². The summed E-state index contributed by atoms with van der Waals surface area (Å²) >= 11 is 5.97. The normalized spacial score (nSPS) is 25.9. The van der Waals surface area contributed by atoms with Gasteiger partial charge in [0.2, 0.25) is 12.7 Å². The monoisotopic (exact) mass is 428 g/mol. The van der Waals surface area contributed by atoms with Gasteiger partial charge in [0, 0.05) is 11.6 Å². The van der Waals surface area contributed by atoms with Gasteiger partial charge in [0.15, 0.2) is 11.5 Å². The van der Waals surface area contributed by atoms with Crippen molar-refractivity contribution in [2.45, 2.75) is 30.5 Å². The molecule has 7 nitrogen and oxygen atoms in total. The van der Waals surface area contributed by atoms with Crippen molar-refractivity contribution in [1.82, 2.24) is 4.90 Å². The lowest BCUT2D eigenvalue weighted by Crippen LogP contribution is -2.57. The molecule has 3 aliphatic heterocycles. The van der Waals surface area contributed by atoms with E-state index < -0.39 is 18.1 Å². The Balaban J connectivity index is 1.65. The number of carbonyl (C=O) groups excluding carboxylic acids is 2. The minimum atomic E-state index is -0.731. The van der Waals surface area contributed by atoms with Crippen molar-refractivity contribution in [2.24, 2.45) is 0 Å². The van der Waals surface area contributed by atoms with E-state index in [0.717, 1.165) is 16.8 Å². The number of esters is 1. The zero-order valence-electron chi connectivity index (χ0n) is 16.3. The van der Waals surface area contributed by atoms with Gasteiger partial charge in [-0.3, -0.25) is 4.79 Å². The summed E-state index contributed by atoms with van der Waals surface area (Å²) in [5.74, 6) is 0.346. The van der Waals surface area contributed by atoms with Crippen LogP contribution in [0.15, 0.2) is 42.5 Å². The second-order valence-electron chi connectivity index (χ2n) is 7.63. The summed E-state index contributed by atoms with van der Waals surface area (Å²) in [7, 11) is 1.34. The van der Waals surface area contributed by atoms with E-state index in [1.807, 2.05) is 36.4 Å². The molecule has 0 saturated carbocycles. The van der Waals surface area contributed by atoms with Crippen molar-refractivity contribution in [1.29, 1.82) is 0 Å². The third-order valence-corrected chi connectivity index (χ3v) is 6.41. The van der Waals surface area contributed by atoms with Crippen LogP contribution in [0.3, 0.4) is 0 Å². The Labute approximate surface area is 178 Å². The summed E-state index contributed by atoms with van der Waals surface area (Å²) in [6.45, 7) is 0.161. The van der Waals surface area contributed by atoms with Gasteiger partial charge in [0.05, 0.1) is 19.2 Å². The molecule has 1 N–H and O–H groups in total. The Morgan fingerprint density at radius 3 is 2.80 bits per heavy atom. The number of ether oxygens (including phenoxy) is 3. The Morgan fingerprint density at radius 1 is 1.20 bits per heavy atom. The molecule has 0 spiro atoms. The molecule has 0 aromatic heterocycles. The van der Waals surface area contributed by atoms with Gasteiger partial charge in [0.1, 0.15) is 11.9 Å². The average molecular weight is 429 g/mol. The fourth-order valence-corrected chi connectivity index (χ4v) is 5.07. The lowest BCUT2D eigenvalue weighted by molar-refractivity contribution is -0.157. The number of carbonyl (C=O) groups is 2. The molecule has 5 rings (SSSR count). The van der Waals surface area contributed by atoms with Crippen molar-refractivity contribution in [3.63, 3.8) is 0 Å². The standard InChI is InChI=1S/C22H21ClN2O5/c1-28-22(27)16-9-14-13-4-2-3-5-15(13)24-20(14)21(25(16)19(26)10-23)12-6-7-17-18(8-12)30-11-29-17/h2-8,14,16,20-21,24H,9-11H2,1H3/t14-,16-,20+,21-/m0/s1. The number of hydrogen-bond donors (Lipinski definition) is 1. The van der Waals surface area contributed by atoms with Crippen LogP contribution >= 0.6 is 11.6 Å². The van der Waals surface area contributed by atoms with Crippen LogP contribution in [0.5, 0.6) is 11.5 Å². The van der Waals surface area contributed by atoms with Gasteiger partial charge in [-0.25, -0.2) is 4.79 Å². The Morgan fingerprint density at radius 2 is 2.00 bits per heavy atom. The topological polar surface area (TPSA) is 77.1 Å². The summed E-state index contributed by atoms with van der Waals surface area (Å²) in [4.78, 5) is 27.3. The number of halogens is 1. The van der Waals surface area contributed by atoms with Crippen LogP contribution in [0.1, 0.15) is 29.5 Å². The molecule has 0 unspecified atom stereocenters. The number of amides is 1. The van der Waals surface area contributed by atoms with Crippen LogP contribution in [-0.2, 0) is 14.3 Å². The van der Waals surface area contributed by atoms with Crippen LogP contribution in [0.25, 0.3) is 0 Å². The van der Waals surface area contributed by atoms with Crippen LogP contribution in [0, 0.1) is 0 Å². The highest BCUT2D eigenvalue weighted by Crippen LogP contribution is 2.51. The summed E-state index contributed by atoms with van der Waals surface area (Å²) in [5, 5.41) is 3.58. The minimum Gasteiger partial charge on any atom is -0.467 e. The van der Waals surface area contributed by atoms with Crippen LogP contribution < -0.4 is 14.8 Å². The number of anilines is 1. The maximum atomic E-state index is 13.0. The summed E-state index contributed by atoms with van der Waals surface area (Å²) in [6.07, 6.45) is 0.463. The molecule has 30 heavy (non-hydrogen) atoms. The third kappa shape index (κ3) is 2.88. The van der Waals surface area contributed by atoms with Gasteiger partial charge in [-0.05, 0) is 35.7 Å². The van der Waals surface area contributed by atoms with Gasteiger partial charge in [-0.1, -0.05) is 24.3 Å². The number of rotatable bonds is 3. The largest absolute Gasteiger partial charge is 0.467 e. The van der Waals surface area contributed by atoms with Crippen molar-refractivity contribution in [2.75, 3.05) is 25.1 Å². The molecular weight excluding hydrogens is 408 g/mol. The molecule has 1 fully saturated rings. The van der Waals surface area contributed by atoms with E-state index in [9.17, 15) is 9.59 Å². The average Bonchev–Trinajstić information content (AvgIpc) is 3.40. The maximum Gasteiger partial charge on any atom is 0.328 e. The Bertz CT molecular complexity index is 1010. The second kappa shape index (κ2) is 7.40. The number of methoxy groups -OCH3 is 1. The van der Waals surface area contributed by atoms with Gasteiger partial charge in [-0.2, -0.15) is 0 Å². The molecule has 156 valence electrons. The van der Waals surface area contributed by atoms with Gasteiger partial charge in [-0.15, -0.1) is 11.6 Å². The van der Waals surface area contributed by atoms with Crippen LogP contribution in [-0.4, -0.2) is 48.6 Å². The van der Waals surface area contributed by atoms with E-state index in [1.54, 1.807) is 4.90 Å². The zero-order chi connectivity index (χ0) is 20.8. The maximum absolute atomic E-state index is 13.0. The number of nitrogens with zero attached hydrogens (tertiary/aromatic N) is 1. The molecule has 3 heterocycles. The Hall–Kier alpha value is -2.93. The first-order valence-electron chi connectivity index (χ1n) is 9.82. The number of fused-ring (bicyclic) bond motifs is 4. The number of hydrogen-bond acceptors (Lipinski definition) is 6. The predicted octanol–water partition coefficient (Wildman–Crippen LogP) is 3.05. The number of benzene rings is 2. The van der Waals surface area contributed by atoms with E-state index in [-0.39, 0.29) is 30.5 Å². The van der Waals surface area contributed by atoms with Crippen molar-refractivity contribution >= 4 is 29.2 Å². The predicted molar refractivity (Wildman–Crippen MR) is 110 cm³/mol. The van der Waals surface area contributed by atoms with E-state index in [4.69, 9.17) is 25.8 Å². The highest BCUT2D eigenvalue weighted by atomic mass is 35.5. The number of likely N-dealkylation sites (tertiary alicyclic amines) is 1. The molecule has 1 saturated heterocycles. The number of piperidine rings is 1. The molecule has 1 amide bonds. The number of alkyl halides is 1. The number of nitrogens with one attached hydrogen (secondary N) is 1. The highest BCUT2D eigenvalue weighted by molar-refractivity contribution is 6.27. The van der Waals surface area contributed by atoms with Gasteiger partial charge in [0.25, 0.3) is 0 Å². The third-order valence-electron chi connectivity index (χ3n) is 6.18. The fraction of sp³-hybridized carbons (Fsp3) is 0.364. The molecule has 0 aliphatic carbocycles. The first-order chi connectivity index (χ1) is 14.6. The summed E-state index contributed by atoms with van der Waals surface area (Å²) < 4.78 is 16.1. The van der Waals surface area contributed by atoms with Crippen molar-refractivity contribution in [3.05, 3.63) is 53.6 Å². The fourth-order valence-electron chi connectivity index (χ4n) is 4.93. The first kappa shape index (κ1) is 19.1. The molecule has 4 atom stereocenters. The molecule has 0 bridgehead atoms. The quantitative estimate of drug-likeness (QED) is 0.598. The lowest BCUT2D eigenvalue weighted by Gasteiger charge is -2.47. The van der Waals surface area contributed by atoms with Gasteiger partial charge >= 0.3 is 5.97 Å². The molecule has 0 radical (unpaired) electrons. The molecule has 3 aliphatic rings. The van der Waals surface area contributed by atoms with E-state index >= 15 is 0 Å². The first-order valence-corrected chi connectivity index (χ1v) is 10.4. The highest BCUT2D eigenvalue weighted by Gasteiger charge is 2.51. The minimum absolute atomic E-state index is 0.0418. The van der Waals surface area contributed by atoms with Crippen molar-refractivity contribution < 1.29 is 23.8 Å². The molecule has 2 aromatic rings. The van der Waals surface area contributed by atoms with Crippen molar-refractivity contribution in [3.8, 4) is 11.5 Å². The second-order valence-corrected chi connectivity index (χ2v) is 7.90.